The van der Waals surface area contributed by atoms with Crippen molar-refractivity contribution in [1.82, 2.24) is 19.8 Å². The number of aliphatic carboxylic acids is 1. The number of carboxylic acids is 1. The maximum Gasteiger partial charge on any atom is 0.308 e. The van der Waals surface area contributed by atoms with Crippen molar-refractivity contribution in [1.29, 1.82) is 0 Å². The smallest absolute Gasteiger partial charge is 0.308 e. The molecule has 9 atom stereocenters. The zero-order valence-electron chi connectivity index (χ0n) is 26.0. The number of hydrogen-bond donors (Lipinski definition) is 2. The van der Waals surface area contributed by atoms with E-state index in [4.69, 9.17) is 21.3 Å². The summed E-state index contributed by atoms with van der Waals surface area (Å²) in [5.74, 6) is 2.07. The van der Waals surface area contributed by atoms with Crippen LogP contribution in [0, 0.1) is 36.0 Å². The number of aromatic nitrogens is 2. The molecular formula is C33H49ClN4O4S. The first-order valence-electron chi connectivity index (χ1n) is 16.8. The lowest BCUT2D eigenvalue weighted by Crippen LogP contribution is -2.58. The molecule has 6 fully saturated rings. The van der Waals surface area contributed by atoms with E-state index in [0.717, 1.165) is 67.9 Å². The van der Waals surface area contributed by atoms with Crippen LogP contribution in [0.15, 0.2) is 4.79 Å². The summed E-state index contributed by atoms with van der Waals surface area (Å²) in [6.07, 6.45) is 10.8. The number of nitrogens with zero attached hydrogens (tertiary/aromatic N) is 3. The van der Waals surface area contributed by atoms with E-state index in [1.165, 1.54) is 25.8 Å². The van der Waals surface area contributed by atoms with Gasteiger partial charge in [0.15, 0.2) is 0 Å². The van der Waals surface area contributed by atoms with Gasteiger partial charge in [-0.3, -0.25) is 14.2 Å². The molecule has 2 aliphatic heterocycles. The fraction of sp³-hybridized carbons (Fsp3) is 0.848. The Balaban J connectivity index is 1.02. The van der Waals surface area contributed by atoms with Gasteiger partial charge in [0.2, 0.25) is 0 Å². The number of alkyl halides is 1. The molecule has 1 aromatic rings. The van der Waals surface area contributed by atoms with Crippen LogP contribution in [-0.4, -0.2) is 86.3 Å². The van der Waals surface area contributed by atoms with Crippen molar-refractivity contribution in [3.05, 3.63) is 27.4 Å². The fourth-order valence-electron chi connectivity index (χ4n) is 9.87. The minimum atomic E-state index is -0.695. The van der Waals surface area contributed by atoms with E-state index < -0.39 is 5.97 Å². The van der Waals surface area contributed by atoms with Gasteiger partial charge in [0.25, 0.3) is 5.56 Å². The van der Waals surface area contributed by atoms with Gasteiger partial charge in [-0.25, -0.2) is 4.98 Å². The van der Waals surface area contributed by atoms with E-state index in [-0.39, 0.29) is 40.3 Å². The first-order chi connectivity index (χ1) is 20.6. The van der Waals surface area contributed by atoms with E-state index in [0.29, 0.717) is 42.2 Å². The summed E-state index contributed by atoms with van der Waals surface area (Å²) >= 11 is 8.57. The number of hydrogen-bond acceptors (Lipinski definition) is 7. The summed E-state index contributed by atoms with van der Waals surface area (Å²) in [4.78, 5) is 33.2. The molecule has 2 N–H and O–H groups in total. The Labute approximate surface area is 265 Å². The largest absolute Gasteiger partial charge is 0.481 e. The summed E-state index contributed by atoms with van der Waals surface area (Å²) in [5.41, 5.74) is 2.60. The molecular weight excluding hydrogens is 584 g/mol. The molecule has 8 rings (SSSR count). The Morgan fingerprint density at radius 1 is 1.23 bits per heavy atom. The van der Waals surface area contributed by atoms with Crippen LogP contribution in [0.25, 0.3) is 0 Å². The third kappa shape index (κ3) is 5.72. The number of rotatable bonds is 9. The topological polar surface area (TPSA) is 96.7 Å². The Morgan fingerprint density at radius 3 is 2.74 bits per heavy atom. The Hall–Kier alpha value is -1.13. The van der Waals surface area contributed by atoms with Crippen LogP contribution in [0.5, 0.6) is 0 Å². The summed E-state index contributed by atoms with van der Waals surface area (Å²) in [7, 11) is 2.26. The second-order valence-electron chi connectivity index (χ2n) is 15.1. The molecule has 238 valence electrons. The number of carboxylic acid groups (broad SMARTS) is 1. The number of thioether (sulfide) groups is 1. The van der Waals surface area contributed by atoms with Crippen LogP contribution < -0.4 is 10.9 Å². The zero-order chi connectivity index (χ0) is 30.0. The highest BCUT2D eigenvalue weighted by Crippen LogP contribution is 2.64. The van der Waals surface area contributed by atoms with Crippen molar-refractivity contribution < 1.29 is 14.6 Å². The molecule has 5 aliphatic carbocycles. The summed E-state index contributed by atoms with van der Waals surface area (Å²) in [6.45, 7) is 6.29. The zero-order valence-corrected chi connectivity index (χ0v) is 27.5. The van der Waals surface area contributed by atoms with Gasteiger partial charge in [-0.05, 0) is 108 Å². The average molecular weight is 633 g/mol. The van der Waals surface area contributed by atoms with Gasteiger partial charge in [0.05, 0.1) is 30.9 Å². The minimum absolute atomic E-state index is 0.00252. The van der Waals surface area contributed by atoms with Gasteiger partial charge in [-0.2, -0.15) is 11.8 Å². The number of aryl methyl sites for hydroxylation is 2. The van der Waals surface area contributed by atoms with Gasteiger partial charge in [0, 0.05) is 46.6 Å². The molecule has 1 aromatic heterocycles. The molecule has 0 radical (unpaired) electrons. The minimum Gasteiger partial charge on any atom is -0.481 e. The van der Waals surface area contributed by atoms with E-state index in [1.807, 2.05) is 23.3 Å². The Morgan fingerprint density at radius 2 is 2.02 bits per heavy atom. The average Bonchev–Trinajstić information content (AvgIpc) is 3.36. The van der Waals surface area contributed by atoms with Gasteiger partial charge in [-0.1, -0.05) is 0 Å². The second kappa shape index (κ2) is 11.9. The fourth-order valence-corrected chi connectivity index (χ4v) is 12.0. The molecule has 7 aliphatic rings. The van der Waals surface area contributed by atoms with E-state index >= 15 is 0 Å². The number of likely N-dealkylation sites (N-methyl/N-ethyl adjacent to an activating group) is 1. The number of ether oxygens (including phenoxy) is 1. The number of nitrogens with one attached hydrogen (secondary N) is 1. The van der Waals surface area contributed by atoms with Gasteiger partial charge >= 0.3 is 5.97 Å². The molecule has 9 unspecified atom stereocenters. The molecule has 8 nitrogen and oxygen atoms in total. The quantitative estimate of drug-likeness (QED) is 0.393. The number of halogens is 1. The highest BCUT2D eigenvalue weighted by Gasteiger charge is 2.57. The van der Waals surface area contributed by atoms with Crippen LogP contribution in [0.4, 0.5) is 0 Å². The standard InChI is InChI=1S/C33H49ClN4O4S/c1-18-10-24(30-29(35-18)26(16-43-30)32(40)41)23-11-21(34)4-7-28(23)42-9-8-38-19(2)36-27-6-5-22(12-25(27)31(38)39)37(3)17-33-13-20(14-33)15-33/h18,20-24,26,28-30,35H,4-17H2,1-3H3,(H,40,41). The van der Waals surface area contributed by atoms with Gasteiger partial charge in [-0.15, -0.1) is 11.6 Å². The normalized spacial score (nSPS) is 41.7. The van der Waals surface area contributed by atoms with Crippen molar-refractivity contribution in [2.24, 2.45) is 29.1 Å². The summed E-state index contributed by atoms with van der Waals surface area (Å²) < 4.78 is 8.49. The second-order valence-corrected chi connectivity index (χ2v) is 16.9. The highest BCUT2D eigenvalue weighted by molar-refractivity contribution is 8.00. The molecule has 2 bridgehead atoms. The van der Waals surface area contributed by atoms with E-state index in [9.17, 15) is 14.7 Å². The van der Waals surface area contributed by atoms with Crippen LogP contribution in [0.1, 0.15) is 75.4 Å². The lowest BCUT2D eigenvalue weighted by Gasteiger charge is -2.63. The lowest BCUT2D eigenvalue weighted by atomic mass is 9.44. The van der Waals surface area contributed by atoms with Crippen LogP contribution in [0.3, 0.4) is 0 Å². The number of fused-ring (bicyclic) bond motifs is 2. The first kappa shape index (κ1) is 30.5. The highest BCUT2D eigenvalue weighted by atomic mass is 35.5. The maximum absolute atomic E-state index is 13.8. The van der Waals surface area contributed by atoms with Crippen LogP contribution in [-0.2, 0) is 28.9 Å². The predicted molar refractivity (Wildman–Crippen MR) is 170 cm³/mol. The molecule has 0 amide bonds. The summed E-state index contributed by atoms with van der Waals surface area (Å²) in [6, 6.07) is 0.686. The molecule has 0 aromatic carbocycles. The molecule has 3 heterocycles. The predicted octanol–water partition coefficient (Wildman–Crippen LogP) is 4.12. The first-order valence-corrected chi connectivity index (χ1v) is 18.2. The van der Waals surface area contributed by atoms with E-state index in [1.54, 1.807) is 0 Å². The Bertz CT molecular complexity index is 1280. The molecule has 43 heavy (non-hydrogen) atoms. The summed E-state index contributed by atoms with van der Waals surface area (Å²) in [5, 5.41) is 13.8. The van der Waals surface area contributed by atoms with Crippen molar-refractivity contribution in [3.8, 4) is 0 Å². The molecule has 4 saturated carbocycles. The third-order valence-electron chi connectivity index (χ3n) is 12.1. The lowest BCUT2D eigenvalue weighted by molar-refractivity contribution is -0.142. The maximum atomic E-state index is 13.8. The van der Waals surface area contributed by atoms with Gasteiger partial charge < -0.3 is 20.1 Å². The monoisotopic (exact) mass is 632 g/mol. The number of carbonyl (C=O) groups is 1. The number of piperidine rings is 1. The van der Waals surface area contributed by atoms with Crippen molar-refractivity contribution in [2.75, 3.05) is 26.0 Å². The third-order valence-corrected chi connectivity index (χ3v) is 14.1. The van der Waals surface area contributed by atoms with Crippen molar-refractivity contribution >= 4 is 29.3 Å². The van der Waals surface area contributed by atoms with Crippen molar-refractivity contribution in [3.63, 3.8) is 0 Å². The van der Waals surface area contributed by atoms with Crippen LogP contribution >= 0.6 is 23.4 Å². The Kier molecular flexibility index (Phi) is 8.45. The molecule has 0 spiro atoms. The van der Waals surface area contributed by atoms with Crippen molar-refractivity contribution in [2.45, 2.75) is 119 Å². The molecule has 10 heteroatoms. The van der Waals surface area contributed by atoms with E-state index in [2.05, 4.69) is 24.2 Å². The van der Waals surface area contributed by atoms with Gasteiger partial charge in [0.1, 0.15) is 5.82 Å². The van der Waals surface area contributed by atoms with Crippen LogP contribution in [0.2, 0.25) is 0 Å². The SMILES string of the molecule is Cc1nc2c(c(=O)n1CCOC1CCC(Cl)CC1C1CC(C)NC3C(C(=O)O)CSC13)CC(N(C)CC13CC(C1)C3)CC2. The molecule has 2 saturated heterocycles.